The lowest BCUT2D eigenvalue weighted by Gasteiger charge is -1.96. The normalized spacial score (nSPS) is 10.9. The molecule has 0 bridgehead atoms. The summed E-state index contributed by atoms with van der Waals surface area (Å²) < 4.78 is 3.16. The first-order valence-corrected chi connectivity index (χ1v) is 6.89. The van der Waals surface area contributed by atoms with Gasteiger partial charge in [0.1, 0.15) is 9.26 Å². The number of rotatable bonds is 2. The van der Waals surface area contributed by atoms with Crippen molar-refractivity contribution < 1.29 is 9.90 Å². The number of fused-ring (bicyclic) bond motifs is 1. The first-order valence-electron chi connectivity index (χ1n) is 4.99. The van der Waals surface area contributed by atoms with E-state index in [1.165, 1.54) is 17.5 Å². The molecule has 90 valence electrons. The van der Waals surface area contributed by atoms with Crippen molar-refractivity contribution in [2.75, 3.05) is 0 Å². The first-order chi connectivity index (χ1) is 8.66. The summed E-state index contributed by atoms with van der Waals surface area (Å²) in [6.07, 6.45) is 1.34. The Hall–Kier alpha value is -1.48. The fraction of sp³-hybridized carbons (Fsp3) is 0. The van der Waals surface area contributed by atoms with Gasteiger partial charge in [-0.05, 0) is 34.7 Å². The van der Waals surface area contributed by atoms with Crippen LogP contribution in [-0.2, 0) is 0 Å². The highest BCUT2D eigenvalue weighted by Gasteiger charge is 2.17. The summed E-state index contributed by atoms with van der Waals surface area (Å²) in [5, 5.41) is 13.7. The van der Waals surface area contributed by atoms with Crippen molar-refractivity contribution in [3.05, 3.63) is 39.7 Å². The molecule has 0 unspecified atom stereocenters. The summed E-state index contributed by atoms with van der Waals surface area (Å²) in [6, 6.07) is 7.76. The van der Waals surface area contributed by atoms with E-state index in [-0.39, 0.29) is 5.56 Å². The Morgan fingerprint density at radius 3 is 2.83 bits per heavy atom. The predicted molar refractivity (Wildman–Crippen MR) is 76.4 cm³/mol. The molecular formula is C11H6IN3O2S. The number of carboxylic acids is 1. The number of hydrogen-bond donors (Lipinski definition) is 1. The number of halogens is 1. The molecule has 0 saturated carbocycles. The third-order valence-corrected chi connectivity index (χ3v) is 4.45. The van der Waals surface area contributed by atoms with Crippen LogP contribution in [0.15, 0.2) is 30.5 Å². The second-order valence-electron chi connectivity index (χ2n) is 3.53. The molecule has 5 nitrogen and oxygen atoms in total. The molecule has 7 heteroatoms. The van der Waals surface area contributed by atoms with Gasteiger partial charge in [0, 0.05) is 0 Å². The summed E-state index contributed by atoms with van der Waals surface area (Å²) in [4.78, 5) is 15.4. The lowest BCUT2D eigenvalue weighted by molar-refractivity contribution is 0.0695. The molecular weight excluding hydrogens is 365 g/mol. The molecule has 18 heavy (non-hydrogen) atoms. The molecule has 2 heterocycles. The van der Waals surface area contributed by atoms with Crippen LogP contribution in [0.2, 0.25) is 0 Å². The van der Waals surface area contributed by atoms with Gasteiger partial charge < -0.3 is 5.11 Å². The van der Waals surface area contributed by atoms with Gasteiger partial charge in [0.25, 0.3) is 0 Å². The zero-order valence-corrected chi connectivity index (χ0v) is 11.8. The molecule has 0 spiro atoms. The van der Waals surface area contributed by atoms with Crippen molar-refractivity contribution in [2.45, 2.75) is 0 Å². The minimum atomic E-state index is -0.980. The summed E-state index contributed by atoms with van der Waals surface area (Å²) in [5.74, 6) is -0.980. The Labute approximate surface area is 119 Å². The van der Waals surface area contributed by atoms with Crippen molar-refractivity contribution in [1.82, 2.24) is 14.8 Å². The van der Waals surface area contributed by atoms with Crippen LogP contribution in [0.3, 0.4) is 0 Å². The fourth-order valence-corrected chi connectivity index (χ4v) is 3.38. The number of carboxylic acid groups (broad SMARTS) is 1. The number of aromatic carboxylic acids is 1. The number of nitrogens with zero attached hydrogens (tertiary/aromatic N) is 3. The van der Waals surface area contributed by atoms with Crippen molar-refractivity contribution >= 4 is 50.1 Å². The Bertz CT molecular complexity index is 717. The minimum Gasteiger partial charge on any atom is -0.478 e. The third kappa shape index (κ3) is 1.79. The molecule has 0 aliphatic rings. The van der Waals surface area contributed by atoms with E-state index in [2.05, 4.69) is 10.1 Å². The van der Waals surface area contributed by atoms with Crippen molar-refractivity contribution in [1.29, 1.82) is 0 Å². The van der Waals surface area contributed by atoms with E-state index < -0.39 is 5.97 Å². The Kier molecular flexibility index (Phi) is 2.78. The number of para-hydroxylation sites is 1. The molecule has 0 aliphatic heterocycles. The van der Waals surface area contributed by atoms with Gasteiger partial charge in [0.2, 0.25) is 5.13 Å². The minimum absolute atomic E-state index is 0.190. The average molecular weight is 371 g/mol. The molecule has 0 saturated heterocycles. The van der Waals surface area contributed by atoms with Crippen molar-refractivity contribution in [2.24, 2.45) is 0 Å². The summed E-state index contributed by atoms with van der Waals surface area (Å²) in [5.41, 5.74) is 1.08. The number of carbonyl (C=O) groups is 1. The van der Waals surface area contributed by atoms with E-state index in [4.69, 9.17) is 5.11 Å². The van der Waals surface area contributed by atoms with Crippen LogP contribution in [0, 0.1) is 3.70 Å². The largest absolute Gasteiger partial charge is 0.478 e. The van der Waals surface area contributed by atoms with E-state index in [9.17, 15) is 4.79 Å². The van der Waals surface area contributed by atoms with Gasteiger partial charge in [0.15, 0.2) is 0 Å². The van der Waals surface area contributed by atoms with E-state index in [1.54, 1.807) is 4.68 Å². The second-order valence-corrected chi connectivity index (χ2v) is 5.56. The second kappa shape index (κ2) is 4.32. The number of hydrogen-bond acceptors (Lipinski definition) is 4. The lowest BCUT2D eigenvalue weighted by atomic mass is 10.3. The molecule has 2 aromatic heterocycles. The number of benzene rings is 1. The van der Waals surface area contributed by atoms with Gasteiger partial charge in [-0.15, -0.1) is 0 Å². The van der Waals surface area contributed by atoms with Crippen LogP contribution in [0.4, 0.5) is 0 Å². The maximum Gasteiger partial charge on any atom is 0.340 e. The topological polar surface area (TPSA) is 68.0 Å². The zero-order valence-electron chi connectivity index (χ0n) is 8.87. The number of aromatic nitrogens is 3. The molecule has 1 aromatic carbocycles. The Balaban J connectivity index is 2.17. The highest BCUT2D eigenvalue weighted by atomic mass is 127. The van der Waals surface area contributed by atoms with Crippen LogP contribution in [0.1, 0.15) is 10.4 Å². The molecule has 3 aromatic rings. The van der Waals surface area contributed by atoms with Gasteiger partial charge in [-0.25, -0.2) is 9.78 Å². The third-order valence-electron chi connectivity index (χ3n) is 2.40. The predicted octanol–water partition coefficient (Wildman–Crippen LogP) is 2.78. The quantitative estimate of drug-likeness (QED) is 0.704. The first kappa shape index (κ1) is 11.6. The van der Waals surface area contributed by atoms with E-state index in [0.717, 1.165) is 10.2 Å². The van der Waals surface area contributed by atoms with Crippen LogP contribution in [0.5, 0.6) is 0 Å². The molecule has 0 amide bonds. The van der Waals surface area contributed by atoms with Crippen LogP contribution in [0.25, 0.3) is 15.3 Å². The molecule has 0 aliphatic carbocycles. The summed E-state index contributed by atoms with van der Waals surface area (Å²) in [7, 11) is 0. The monoisotopic (exact) mass is 371 g/mol. The van der Waals surface area contributed by atoms with E-state index in [0.29, 0.717) is 8.83 Å². The smallest absolute Gasteiger partial charge is 0.340 e. The average Bonchev–Trinajstić information content (AvgIpc) is 2.91. The fourth-order valence-electron chi connectivity index (χ4n) is 1.56. The zero-order chi connectivity index (χ0) is 12.7. The Morgan fingerprint density at radius 2 is 2.17 bits per heavy atom. The number of thiazole rings is 1. The van der Waals surface area contributed by atoms with Crippen molar-refractivity contribution in [3.8, 4) is 5.13 Å². The summed E-state index contributed by atoms with van der Waals surface area (Å²) in [6.45, 7) is 0. The standard InChI is InChI=1S/C11H6IN3O2S/c12-9-6(10(16)17)5-13-15(9)11-14-7-3-1-2-4-8(7)18-11/h1-5H,(H,16,17). The van der Waals surface area contributed by atoms with Crippen LogP contribution < -0.4 is 0 Å². The molecule has 0 radical (unpaired) electrons. The molecule has 1 N–H and O–H groups in total. The highest BCUT2D eigenvalue weighted by molar-refractivity contribution is 14.1. The maximum atomic E-state index is 11.0. The summed E-state index contributed by atoms with van der Waals surface area (Å²) >= 11 is 3.45. The van der Waals surface area contributed by atoms with Gasteiger partial charge in [-0.3, -0.25) is 0 Å². The molecule has 0 atom stereocenters. The Morgan fingerprint density at radius 1 is 1.39 bits per heavy atom. The van der Waals surface area contributed by atoms with Crippen molar-refractivity contribution in [3.63, 3.8) is 0 Å². The van der Waals surface area contributed by atoms with E-state index >= 15 is 0 Å². The highest BCUT2D eigenvalue weighted by Crippen LogP contribution is 2.26. The van der Waals surface area contributed by atoms with Gasteiger partial charge in [-0.2, -0.15) is 9.78 Å². The lowest BCUT2D eigenvalue weighted by Crippen LogP contribution is -2.01. The van der Waals surface area contributed by atoms with Gasteiger partial charge in [-0.1, -0.05) is 23.5 Å². The molecule has 3 rings (SSSR count). The van der Waals surface area contributed by atoms with E-state index in [1.807, 2.05) is 46.9 Å². The maximum absolute atomic E-state index is 11.0. The van der Waals surface area contributed by atoms with Gasteiger partial charge >= 0.3 is 5.97 Å². The molecule has 0 fully saturated rings. The van der Waals surface area contributed by atoms with Gasteiger partial charge in [0.05, 0.1) is 16.4 Å². The van der Waals surface area contributed by atoms with Crippen LogP contribution >= 0.6 is 33.9 Å². The van der Waals surface area contributed by atoms with Crippen LogP contribution in [-0.4, -0.2) is 25.8 Å². The SMILES string of the molecule is O=C(O)c1cnn(-c2nc3ccccc3s2)c1I.